The maximum Gasteiger partial charge on any atom is 0.264 e. The molecule has 2 aromatic carbocycles. The van der Waals surface area contributed by atoms with Crippen LogP contribution in [0.4, 0.5) is 11.5 Å². The van der Waals surface area contributed by atoms with E-state index in [-0.39, 0.29) is 22.4 Å². The van der Waals surface area contributed by atoms with Gasteiger partial charge in [0.05, 0.1) is 4.90 Å². The quantitative estimate of drug-likeness (QED) is 0.425. The van der Waals surface area contributed by atoms with Gasteiger partial charge in [0.25, 0.3) is 15.9 Å². The fourth-order valence-electron chi connectivity index (χ4n) is 2.57. The first-order valence-corrected chi connectivity index (χ1v) is 11.5. The van der Waals surface area contributed by atoms with Crippen molar-refractivity contribution in [3.63, 3.8) is 0 Å². The molecule has 9 nitrogen and oxygen atoms in total. The highest BCUT2D eigenvalue weighted by atomic mass is 35.5. The van der Waals surface area contributed by atoms with E-state index in [1.807, 2.05) is 6.92 Å². The Morgan fingerprint density at radius 3 is 2.50 bits per heavy atom. The lowest BCUT2D eigenvalue weighted by molar-refractivity contribution is -0.121. The number of nitrogens with zero attached hydrogens (tertiary/aromatic N) is 1. The van der Waals surface area contributed by atoms with Crippen molar-refractivity contribution in [3.8, 4) is 5.75 Å². The van der Waals surface area contributed by atoms with Crippen LogP contribution in [0.5, 0.6) is 5.75 Å². The first-order chi connectivity index (χ1) is 15.1. The molecule has 3 aromatic rings. The molecule has 1 amide bonds. The molecule has 0 saturated heterocycles. The molecule has 0 unspecified atom stereocenters. The number of aromatic nitrogens is 1. The smallest absolute Gasteiger partial charge is 0.264 e. The summed E-state index contributed by atoms with van der Waals surface area (Å²) in [4.78, 5) is 12.1. The van der Waals surface area contributed by atoms with Gasteiger partial charge in [0.2, 0.25) is 0 Å². The summed E-state index contributed by atoms with van der Waals surface area (Å²) in [7, 11) is -3.83. The average molecular weight is 495 g/mol. The Labute approximate surface area is 195 Å². The van der Waals surface area contributed by atoms with Crippen LogP contribution in [0.1, 0.15) is 11.3 Å². The van der Waals surface area contributed by atoms with E-state index in [1.165, 1.54) is 30.3 Å². The zero-order valence-electron chi connectivity index (χ0n) is 17.0. The van der Waals surface area contributed by atoms with Gasteiger partial charge in [0.15, 0.2) is 17.5 Å². The van der Waals surface area contributed by atoms with Crippen molar-refractivity contribution >= 4 is 56.4 Å². The number of hydrogen-bond acceptors (Lipinski definition) is 7. The summed E-state index contributed by atoms with van der Waals surface area (Å²) < 4.78 is 37.4. The van der Waals surface area contributed by atoms with E-state index in [9.17, 15) is 13.2 Å². The van der Waals surface area contributed by atoms with Crippen LogP contribution in [0, 0.1) is 13.8 Å². The fourth-order valence-corrected chi connectivity index (χ4v) is 4.01. The third-order valence-electron chi connectivity index (χ3n) is 4.04. The lowest BCUT2D eigenvalue weighted by atomic mass is 10.2. The van der Waals surface area contributed by atoms with Crippen LogP contribution >= 0.6 is 23.8 Å². The van der Waals surface area contributed by atoms with Gasteiger partial charge < -0.3 is 14.6 Å². The lowest BCUT2D eigenvalue weighted by Gasteiger charge is -2.12. The standard InChI is InChI=1S/C20H19ClN4O5S2/c1-12-9-14(21)3-8-17(12)29-11-19(26)23-20(31)22-15-4-6-16(7-5-15)32(27,28)25-18-10-13(2)30-24-18/h3-10H,11H2,1-2H3,(H,24,25)(H2,22,23,26,31). The van der Waals surface area contributed by atoms with E-state index in [0.717, 1.165) is 5.56 Å². The molecule has 0 aliphatic rings. The number of aryl methyl sites for hydroxylation is 2. The van der Waals surface area contributed by atoms with Crippen molar-refractivity contribution in [1.82, 2.24) is 10.5 Å². The number of carbonyl (C=O) groups excluding carboxylic acids is 1. The number of nitrogens with one attached hydrogen (secondary N) is 3. The Balaban J connectivity index is 1.52. The highest BCUT2D eigenvalue weighted by Crippen LogP contribution is 2.21. The maximum atomic E-state index is 12.4. The van der Waals surface area contributed by atoms with E-state index < -0.39 is 15.9 Å². The summed E-state index contributed by atoms with van der Waals surface area (Å²) >= 11 is 11.0. The SMILES string of the molecule is Cc1cc(NS(=O)(=O)c2ccc(NC(=S)NC(=O)COc3ccc(Cl)cc3C)cc2)no1. The number of halogens is 1. The Kier molecular flexibility index (Phi) is 7.33. The van der Waals surface area contributed by atoms with Gasteiger partial charge in [-0.15, -0.1) is 0 Å². The molecule has 1 heterocycles. The van der Waals surface area contributed by atoms with Crippen LogP contribution in [-0.4, -0.2) is 31.2 Å². The second-order valence-electron chi connectivity index (χ2n) is 6.65. The zero-order chi connectivity index (χ0) is 23.3. The van der Waals surface area contributed by atoms with Gasteiger partial charge in [-0.25, -0.2) is 8.42 Å². The molecule has 0 atom stereocenters. The average Bonchev–Trinajstić information content (AvgIpc) is 3.11. The van der Waals surface area contributed by atoms with Crippen molar-refractivity contribution in [3.05, 3.63) is 64.9 Å². The zero-order valence-corrected chi connectivity index (χ0v) is 19.4. The molecule has 0 radical (unpaired) electrons. The number of rotatable bonds is 7. The normalized spacial score (nSPS) is 11.0. The monoisotopic (exact) mass is 494 g/mol. The third-order valence-corrected chi connectivity index (χ3v) is 5.85. The van der Waals surface area contributed by atoms with Crippen LogP contribution in [0.25, 0.3) is 0 Å². The number of sulfonamides is 1. The summed E-state index contributed by atoms with van der Waals surface area (Å²) in [6.45, 7) is 3.23. The Morgan fingerprint density at radius 2 is 1.88 bits per heavy atom. The molecule has 0 bridgehead atoms. The predicted octanol–water partition coefficient (Wildman–Crippen LogP) is 3.64. The molecule has 0 saturated carbocycles. The largest absolute Gasteiger partial charge is 0.483 e. The van der Waals surface area contributed by atoms with Crippen molar-refractivity contribution in [2.75, 3.05) is 16.6 Å². The van der Waals surface area contributed by atoms with Gasteiger partial charge in [-0.05, 0) is 74.1 Å². The van der Waals surface area contributed by atoms with E-state index in [1.54, 1.807) is 25.1 Å². The second-order valence-corrected chi connectivity index (χ2v) is 9.18. The van der Waals surface area contributed by atoms with Crippen molar-refractivity contribution in [2.24, 2.45) is 0 Å². The van der Waals surface area contributed by atoms with Crippen molar-refractivity contribution in [2.45, 2.75) is 18.7 Å². The van der Waals surface area contributed by atoms with E-state index in [2.05, 4.69) is 20.5 Å². The van der Waals surface area contributed by atoms with Gasteiger partial charge in [-0.2, -0.15) is 0 Å². The number of carbonyl (C=O) groups is 1. The topological polar surface area (TPSA) is 123 Å². The van der Waals surface area contributed by atoms with Crippen LogP contribution in [0.15, 0.2) is 57.9 Å². The molecule has 168 valence electrons. The summed E-state index contributed by atoms with van der Waals surface area (Å²) in [5.74, 6) is 0.647. The molecule has 3 N–H and O–H groups in total. The number of anilines is 2. The predicted molar refractivity (Wildman–Crippen MR) is 125 cm³/mol. The molecular weight excluding hydrogens is 476 g/mol. The first kappa shape index (κ1) is 23.5. The van der Waals surface area contributed by atoms with Gasteiger partial charge in [-0.3, -0.25) is 14.8 Å². The van der Waals surface area contributed by atoms with Gasteiger partial charge in [0, 0.05) is 16.8 Å². The number of benzene rings is 2. The molecular formula is C20H19ClN4O5S2. The number of amides is 1. The molecule has 0 spiro atoms. The fraction of sp³-hybridized carbons (Fsp3) is 0.150. The summed E-state index contributed by atoms with van der Waals surface area (Å²) in [5.41, 5.74) is 1.29. The summed E-state index contributed by atoms with van der Waals surface area (Å²) in [6, 6.07) is 12.3. The van der Waals surface area contributed by atoms with Crippen LogP contribution in [0.2, 0.25) is 5.02 Å². The van der Waals surface area contributed by atoms with E-state index in [4.69, 9.17) is 33.1 Å². The third kappa shape index (κ3) is 6.42. The lowest BCUT2D eigenvalue weighted by Crippen LogP contribution is -2.37. The minimum absolute atomic E-state index is 0.0189. The number of hydrogen-bond donors (Lipinski definition) is 3. The second kappa shape index (κ2) is 9.98. The molecule has 0 aliphatic heterocycles. The maximum absolute atomic E-state index is 12.4. The molecule has 3 rings (SSSR count). The van der Waals surface area contributed by atoms with Crippen LogP contribution < -0.4 is 20.1 Å². The minimum atomic E-state index is -3.83. The molecule has 32 heavy (non-hydrogen) atoms. The number of ether oxygens (including phenoxy) is 1. The van der Waals surface area contributed by atoms with Crippen molar-refractivity contribution in [1.29, 1.82) is 0 Å². The van der Waals surface area contributed by atoms with Gasteiger partial charge >= 0.3 is 0 Å². The highest BCUT2D eigenvalue weighted by Gasteiger charge is 2.16. The molecule has 0 aliphatic carbocycles. The molecule has 12 heteroatoms. The van der Waals surface area contributed by atoms with Crippen molar-refractivity contribution < 1.29 is 22.5 Å². The summed E-state index contributed by atoms with van der Waals surface area (Å²) in [6.07, 6.45) is 0. The van der Waals surface area contributed by atoms with Crippen LogP contribution in [-0.2, 0) is 14.8 Å². The van der Waals surface area contributed by atoms with Gasteiger partial charge in [-0.1, -0.05) is 16.8 Å². The molecule has 0 fully saturated rings. The Morgan fingerprint density at radius 1 is 1.16 bits per heavy atom. The minimum Gasteiger partial charge on any atom is -0.483 e. The van der Waals surface area contributed by atoms with Gasteiger partial charge in [0.1, 0.15) is 11.5 Å². The number of thiocarbonyl (C=S) groups is 1. The first-order valence-electron chi connectivity index (χ1n) is 9.18. The Hall–Kier alpha value is -3.15. The van der Waals surface area contributed by atoms with E-state index in [0.29, 0.717) is 22.2 Å². The highest BCUT2D eigenvalue weighted by molar-refractivity contribution is 7.92. The molecule has 1 aromatic heterocycles. The van der Waals surface area contributed by atoms with E-state index >= 15 is 0 Å². The van der Waals surface area contributed by atoms with Crippen LogP contribution in [0.3, 0.4) is 0 Å². The summed E-state index contributed by atoms with van der Waals surface area (Å²) in [5, 5.41) is 9.52. The Bertz CT molecular complexity index is 1240.